The van der Waals surface area contributed by atoms with E-state index in [9.17, 15) is 4.79 Å². The Morgan fingerprint density at radius 3 is 2.70 bits per heavy atom. The number of hydrogen-bond acceptors (Lipinski definition) is 5. The molecule has 0 bridgehead atoms. The maximum atomic E-state index is 12.9. The van der Waals surface area contributed by atoms with Crippen molar-refractivity contribution in [1.29, 1.82) is 0 Å². The van der Waals surface area contributed by atoms with Gasteiger partial charge in [-0.1, -0.05) is 30.3 Å². The van der Waals surface area contributed by atoms with Crippen molar-refractivity contribution in [2.45, 2.75) is 38.5 Å². The Kier molecular flexibility index (Phi) is 4.80. The Hall–Kier alpha value is -3.78. The summed E-state index contributed by atoms with van der Waals surface area (Å²) in [6.07, 6.45) is 5.56. The minimum atomic E-state index is -0.295. The summed E-state index contributed by atoms with van der Waals surface area (Å²) in [5, 5.41) is 14.6. The van der Waals surface area contributed by atoms with Gasteiger partial charge < -0.3 is 4.74 Å². The van der Waals surface area contributed by atoms with Crippen LogP contribution in [-0.4, -0.2) is 42.1 Å². The van der Waals surface area contributed by atoms with Gasteiger partial charge in [0.15, 0.2) is 5.35 Å². The highest BCUT2D eigenvalue weighted by Crippen LogP contribution is 2.28. The second kappa shape index (κ2) is 7.97. The summed E-state index contributed by atoms with van der Waals surface area (Å²) in [5.74, 6) is 0. The van der Waals surface area contributed by atoms with Crippen LogP contribution in [0.4, 0.5) is 0 Å². The summed E-state index contributed by atoms with van der Waals surface area (Å²) in [6.45, 7) is 3.42. The molecular weight excluding hydrogens is 416 g/mol. The molecule has 1 aromatic heterocycles. The lowest BCUT2D eigenvalue weighted by Crippen LogP contribution is -2.36. The van der Waals surface area contributed by atoms with Crippen LogP contribution in [0.15, 0.2) is 71.8 Å². The molecule has 8 heteroatoms. The average molecular weight is 441 g/mol. The second-order valence-corrected chi connectivity index (χ2v) is 8.52. The zero-order valence-corrected chi connectivity index (χ0v) is 18.3. The SMILES string of the molecule is C[C@@H]1OCCC[C@@H]1n1c2c(=O)nnc=2c2ccccc2n1Cc1ccc(-n2cccn2)cc1. The smallest absolute Gasteiger partial charge is 0.315 e. The first-order valence-corrected chi connectivity index (χ1v) is 11.3. The molecule has 1 fully saturated rings. The van der Waals surface area contributed by atoms with E-state index in [0.29, 0.717) is 17.2 Å². The molecule has 3 aliphatic heterocycles. The highest BCUT2D eigenvalue weighted by molar-refractivity contribution is 5.78. The van der Waals surface area contributed by atoms with Crippen LogP contribution in [0.5, 0.6) is 0 Å². The molecule has 2 aromatic carbocycles. The molecule has 0 amide bonds. The monoisotopic (exact) mass is 440 g/mol. The fraction of sp³-hybridized carbons (Fsp3) is 0.280. The first-order valence-electron chi connectivity index (χ1n) is 11.3. The number of hydrogen-bond donors (Lipinski definition) is 0. The summed E-state index contributed by atoms with van der Waals surface area (Å²) < 4.78 is 12.1. The number of benzene rings is 2. The molecule has 1 saturated heterocycles. The minimum Gasteiger partial charge on any atom is -0.376 e. The molecule has 0 radical (unpaired) electrons. The topological polar surface area (TPSA) is 79.8 Å². The van der Waals surface area contributed by atoms with Gasteiger partial charge in [0, 0.05) is 24.4 Å². The van der Waals surface area contributed by atoms with Gasteiger partial charge >= 0.3 is 5.56 Å². The first kappa shape index (κ1) is 19.9. The summed E-state index contributed by atoms with van der Waals surface area (Å²) >= 11 is 0. The van der Waals surface area contributed by atoms with Gasteiger partial charge in [0.2, 0.25) is 0 Å². The van der Waals surface area contributed by atoms with Crippen LogP contribution < -0.4 is 5.56 Å². The van der Waals surface area contributed by atoms with E-state index in [-0.39, 0.29) is 17.7 Å². The summed E-state index contributed by atoms with van der Waals surface area (Å²) in [5.41, 5.74) is 2.84. The predicted molar refractivity (Wildman–Crippen MR) is 123 cm³/mol. The quantitative estimate of drug-likeness (QED) is 0.428. The van der Waals surface area contributed by atoms with E-state index in [0.717, 1.165) is 41.6 Å². The first-order chi connectivity index (χ1) is 16.2. The van der Waals surface area contributed by atoms with E-state index in [1.54, 1.807) is 6.20 Å². The number of rotatable bonds is 4. The third-order valence-electron chi connectivity index (χ3n) is 6.51. The lowest BCUT2D eigenvalue weighted by molar-refractivity contribution is -0.0174. The van der Waals surface area contributed by atoms with Gasteiger partial charge in [-0.2, -0.15) is 5.10 Å². The molecule has 0 aliphatic carbocycles. The van der Waals surface area contributed by atoms with Crippen molar-refractivity contribution in [3.8, 4) is 5.69 Å². The highest BCUT2D eigenvalue weighted by Gasteiger charge is 2.28. The number of fused-ring (bicyclic) bond motifs is 2. The summed E-state index contributed by atoms with van der Waals surface area (Å²) in [7, 11) is 0. The van der Waals surface area contributed by atoms with Crippen LogP contribution in [0.25, 0.3) is 16.6 Å². The molecule has 6 rings (SSSR count). The molecule has 4 heterocycles. The Balaban J connectivity index is 1.57. The molecule has 8 nitrogen and oxygen atoms in total. The van der Waals surface area contributed by atoms with Crippen LogP contribution >= 0.6 is 0 Å². The lowest BCUT2D eigenvalue weighted by Gasteiger charge is -2.34. The van der Waals surface area contributed by atoms with Crippen molar-refractivity contribution >= 4 is 10.9 Å². The molecule has 166 valence electrons. The van der Waals surface area contributed by atoms with Crippen LogP contribution in [0.1, 0.15) is 31.4 Å². The number of aromatic nitrogens is 6. The normalized spacial score (nSPS) is 18.8. The van der Waals surface area contributed by atoms with Gasteiger partial charge in [-0.25, -0.2) is 4.68 Å². The molecule has 3 aromatic rings. The van der Waals surface area contributed by atoms with Gasteiger partial charge in [-0.3, -0.25) is 14.2 Å². The van der Waals surface area contributed by atoms with E-state index >= 15 is 0 Å². The van der Waals surface area contributed by atoms with Gasteiger partial charge in [0.25, 0.3) is 0 Å². The maximum Gasteiger partial charge on any atom is 0.315 e. The third kappa shape index (κ3) is 3.34. The van der Waals surface area contributed by atoms with Crippen LogP contribution in [0.3, 0.4) is 0 Å². The molecule has 33 heavy (non-hydrogen) atoms. The number of ether oxygens (including phenoxy) is 1. The van der Waals surface area contributed by atoms with E-state index < -0.39 is 0 Å². The zero-order chi connectivity index (χ0) is 22.4. The second-order valence-electron chi connectivity index (χ2n) is 8.52. The number of nitrogens with zero attached hydrogens (tertiary/aromatic N) is 6. The van der Waals surface area contributed by atoms with Gasteiger partial charge in [0.1, 0.15) is 5.35 Å². The Morgan fingerprint density at radius 1 is 1.06 bits per heavy atom. The van der Waals surface area contributed by atoms with E-state index in [2.05, 4.69) is 61.9 Å². The Bertz CT molecular complexity index is 1530. The van der Waals surface area contributed by atoms with E-state index in [1.165, 1.54) is 0 Å². The highest BCUT2D eigenvalue weighted by atomic mass is 16.5. The number of para-hydroxylation sites is 1. The van der Waals surface area contributed by atoms with Gasteiger partial charge in [0.05, 0.1) is 29.9 Å². The molecule has 0 saturated carbocycles. The molecule has 0 spiro atoms. The summed E-state index contributed by atoms with van der Waals surface area (Å²) in [6, 6.07) is 18.3. The molecular formula is C25H24N6O2. The molecule has 3 aliphatic rings. The maximum absolute atomic E-state index is 12.9. The largest absolute Gasteiger partial charge is 0.376 e. The fourth-order valence-corrected chi connectivity index (χ4v) is 4.90. The van der Waals surface area contributed by atoms with E-state index in [4.69, 9.17) is 4.74 Å². The van der Waals surface area contributed by atoms with Crippen LogP contribution in [0, 0.1) is 10.7 Å². The fourth-order valence-electron chi connectivity index (χ4n) is 4.90. The van der Waals surface area contributed by atoms with Crippen molar-refractivity contribution < 1.29 is 4.74 Å². The molecule has 2 atom stereocenters. The van der Waals surface area contributed by atoms with Gasteiger partial charge in [-0.15, -0.1) is 10.2 Å². The predicted octanol–water partition coefficient (Wildman–Crippen LogP) is 3.29. The zero-order valence-electron chi connectivity index (χ0n) is 18.3. The van der Waals surface area contributed by atoms with Crippen molar-refractivity contribution in [1.82, 2.24) is 29.3 Å². The lowest BCUT2D eigenvalue weighted by atomic mass is 10.0. The van der Waals surface area contributed by atoms with Gasteiger partial charge in [-0.05, 0) is 49.6 Å². The minimum absolute atomic E-state index is 0.0177. The van der Waals surface area contributed by atoms with E-state index in [1.807, 2.05) is 35.1 Å². The average Bonchev–Trinajstić information content (AvgIpc) is 3.51. The summed E-state index contributed by atoms with van der Waals surface area (Å²) in [4.78, 5) is 12.9. The van der Waals surface area contributed by atoms with Crippen molar-refractivity contribution in [3.05, 3.63) is 93.6 Å². The molecule has 0 unspecified atom stereocenters. The Labute approximate surface area is 189 Å². The van der Waals surface area contributed by atoms with Crippen molar-refractivity contribution in [2.75, 3.05) is 6.61 Å². The van der Waals surface area contributed by atoms with Crippen LogP contribution in [0.2, 0.25) is 0 Å². The standard InChI is InChI=1S/C25H24N6O2/c1-17-21(8-4-15-33-17)31-24-23(27-28-25(24)32)20-6-2-3-7-22(20)30(31)16-18-9-11-19(12-10-18)29-14-5-13-26-29/h2-3,5-7,9-14,17,21H,4,8,15-16H2,1H3/t17-,21-/m0/s1. The Morgan fingerprint density at radius 2 is 1.91 bits per heavy atom. The van der Waals surface area contributed by atoms with Crippen molar-refractivity contribution in [2.24, 2.45) is 0 Å². The van der Waals surface area contributed by atoms with Crippen LogP contribution in [-0.2, 0) is 11.3 Å². The van der Waals surface area contributed by atoms with Crippen molar-refractivity contribution in [3.63, 3.8) is 0 Å². The third-order valence-corrected chi connectivity index (χ3v) is 6.51. The molecule has 0 N–H and O–H groups in total.